The third-order valence-corrected chi connectivity index (χ3v) is 3.99. The molecule has 0 spiro atoms. The summed E-state index contributed by atoms with van der Waals surface area (Å²) >= 11 is 0. The van der Waals surface area contributed by atoms with Gasteiger partial charge in [0.2, 0.25) is 0 Å². The summed E-state index contributed by atoms with van der Waals surface area (Å²) in [6.07, 6.45) is 13.6. The highest BCUT2D eigenvalue weighted by molar-refractivity contribution is 5.66. The van der Waals surface area contributed by atoms with Gasteiger partial charge in [-0.1, -0.05) is 35.5 Å². The summed E-state index contributed by atoms with van der Waals surface area (Å²) in [7, 11) is 0. The molecule has 148 valence electrons. The van der Waals surface area contributed by atoms with Crippen LogP contribution in [0.3, 0.4) is 0 Å². The first kappa shape index (κ1) is 24.4. The summed E-state index contributed by atoms with van der Waals surface area (Å²) < 4.78 is 5.14. The third kappa shape index (κ3) is 14.7. The van der Waals surface area contributed by atoms with Crippen LogP contribution in [0.25, 0.3) is 0 Å². The predicted molar refractivity (Wildman–Crippen MR) is 108 cm³/mol. The quantitative estimate of drug-likeness (QED) is 0.369. The van der Waals surface area contributed by atoms with Crippen LogP contribution in [-0.4, -0.2) is 36.0 Å². The molecule has 0 heterocycles. The van der Waals surface area contributed by atoms with E-state index in [-0.39, 0.29) is 19.2 Å². The Bertz CT molecular complexity index is 520. The molecule has 0 saturated heterocycles. The number of allylic oxidation sites excluding steroid dienone is 5. The number of hydrogen-bond acceptors (Lipinski definition) is 4. The summed E-state index contributed by atoms with van der Waals surface area (Å²) in [6, 6.07) is 0. The van der Waals surface area contributed by atoms with Gasteiger partial charge in [-0.25, -0.2) is 0 Å². The first-order valence-electron chi connectivity index (χ1n) is 9.38. The molecule has 0 bridgehead atoms. The summed E-state index contributed by atoms with van der Waals surface area (Å²) in [5.41, 5.74) is 4.64. The maximum atomic E-state index is 11.1. The molecule has 0 amide bonds. The van der Waals surface area contributed by atoms with Gasteiger partial charge in [-0.3, -0.25) is 4.79 Å². The number of carbonyl (C=O) groups is 1. The molecule has 0 radical (unpaired) electrons. The van der Waals surface area contributed by atoms with Gasteiger partial charge in [0, 0.05) is 6.92 Å². The Morgan fingerprint density at radius 2 is 1.42 bits per heavy atom. The van der Waals surface area contributed by atoms with E-state index in [4.69, 9.17) is 9.84 Å². The van der Waals surface area contributed by atoms with Gasteiger partial charge in [0.05, 0.1) is 13.2 Å². The van der Waals surface area contributed by atoms with Gasteiger partial charge in [0.15, 0.2) is 0 Å². The molecule has 0 aliphatic heterocycles. The van der Waals surface area contributed by atoms with E-state index in [9.17, 15) is 9.90 Å². The van der Waals surface area contributed by atoms with Gasteiger partial charge >= 0.3 is 5.97 Å². The normalized spacial score (nSPS) is 12.9. The summed E-state index contributed by atoms with van der Waals surface area (Å²) in [6.45, 7) is 8.02. The third-order valence-electron chi connectivity index (χ3n) is 3.99. The second kappa shape index (κ2) is 15.6. The zero-order valence-electron chi connectivity index (χ0n) is 16.9. The van der Waals surface area contributed by atoms with E-state index in [1.165, 1.54) is 18.1 Å². The average molecular weight is 365 g/mol. The SMILES string of the molecule is CC(=O)OCC(=CCCC(=CCO)CO)CCC=C(C)CCC=C(C)C. The molecule has 0 aromatic heterocycles. The molecule has 0 fully saturated rings. The summed E-state index contributed by atoms with van der Waals surface area (Å²) in [4.78, 5) is 11.1. The number of esters is 1. The Morgan fingerprint density at radius 1 is 0.808 bits per heavy atom. The largest absolute Gasteiger partial charge is 0.461 e. The molecular weight excluding hydrogens is 328 g/mol. The molecule has 2 N–H and O–H groups in total. The maximum absolute atomic E-state index is 11.1. The maximum Gasteiger partial charge on any atom is 0.302 e. The second-order valence-corrected chi connectivity index (χ2v) is 6.79. The Hall–Kier alpha value is -1.65. The van der Waals surface area contributed by atoms with E-state index in [1.807, 2.05) is 0 Å². The van der Waals surface area contributed by atoms with Crippen LogP contribution in [0.2, 0.25) is 0 Å². The average Bonchev–Trinajstić information content (AvgIpc) is 2.57. The minimum absolute atomic E-state index is 0.0404. The highest BCUT2D eigenvalue weighted by Gasteiger charge is 2.02. The number of aliphatic hydroxyl groups is 2. The van der Waals surface area contributed by atoms with Crippen molar-refractivity contribution in [3.63, 3.8) is 0 Å². The van der Waals surface area contributed by atoms with Crippen molar-refractivity contribution in [3.05, 3.63) is 46.6 Å². The van der Waals surface area contributed by atoms with Crippen molar-refractivity contribution in [3.8, 4) is 0 Å². The fourth-order valence-electron chi connectivity index (χ4n) is 2.46. The molecule has 0 aliphatic rings. The van der Waals surface area contributed by atoms with E-state index >= 15 is 0 Å². The number of carbonyl (C=O) groups excluding carboxylic acids is 1. The Labute approximate surface area is 159 Å². The molecule has 0 aliphatic carbocycles. The van der Waals surface area contributed by atoms with Crippen LogP contribution in [-0.2, 0) is 9.53 Å². The van der Waals surface area contributed by atoms with Gasteiger partial charge in [-0.05, 0) is 70.4 Å². The minimum atomic E-state index is -0.277. The lowest BCUT2D eigenvalue weighted by Crippen LogP contribution is -2.03. The van der Waals surface area contributed by atoms with Crippen LogP contribution >= 0.6 is 0 Å². The molecule has 0 aromatic rings. The van der Waals surface area contributed by atoms with Crippen LogP contribution < -0.4 is 0 Å². The van der Waals surface area contributed by atoms with Crippen LogP contribution in [0, 0.1) is 0 Å². The number of rotatable bonds is 13. The lowest BCUT2D eigenvalue weighted by atomic mass is 10.0. The highest BCUT2D eigenvalue weighted by atomic mass is 16.5. The van der Waals surface area contributed by atoms with Gasteiger partial charge in [-0.15, -0.1) is 0 Å². The topological polar surface area (TPSA) is 66.8 Å². The van der Waals surface area contributed by atoms with E-state index in [0.717, 1.165) is 43.3 Å². The van der Waals surface area contributed by atoms with Crippen LogP contribution in [0.1, 0.15) is 66.2 Å². The van der Waals surface area contributed by atoms with Crippen LogP contribution in [0.15, 0.2) is 46.6 Å². The standard InChI is InChI=1S/C22H36O4/c1-18(2)8-5-9-19(3)10-6-12-22(17-26-20(4)25)13-7-11-21(16-24)14-15-23/h8,10,13-14,23-24H,5-7,9,11-12,15-17H2,1-4H3. The van der Waals surface area contributed by atoms with E-state index in [2.05, 4.69) is 39.0 Å². The van der Waals surface area contributed by atoms with Crippen molar-refractivity contribution in [1.29, 1.82) is 0 Å². The monoisotopic (exact) mass is 364 g/mol. The molecule has 0 unspecified atom stereocenters. The van der Waals surface area contributed by atoms with Crippen molar-refractivity contribution in [1.82, 2.24) is 0 Å². The first-order chi connectivity index (χ1) is 12.4. The zero-order chi connectivity index (χ0) is 19.8. The fraction of sp³-hybridized carbons (Fsp3) is 0.591. The Kier molecular flexibility index (Phi) is 14.6. The molecule has 4 nitrogen and oxygen atoms in total. The predicted octanol–water partition coefficient (Wildman–Crippen LogP) is 4.64. The number of aliphatic hydroxyl groups excluding tert-OH is 2. The van der Waals surface area contributed by atoms with Crippen molar-refractivity contribution in [2.75, 3.05) is 19.8 Å². The van der Waals surface area contributed by atoms with Gasteiger partial charge in [-0.2, -0.15) is 0 Å². The van der Waals surface area contributed by atoms with Crippen molar-refractivity contribution < 1.29 is 19.7 Å². The Balaban J connectivity index is 4.57. The lowest BCUT2D eigenvalue weighted by Gasteiger charge is -2.08. The lowest BCUT2D eigenvalue weighted by molar-refractivity contribution is -0.140. The number of hydrogen-bond donors (Lipinski definition) is 2. The summed E-state index contributed by atoms with van der Waals surface area (Å²) in [5, 5.41) is 18.1. The summed E-state index contributed by atoms with van der Waals surface area (Å²) in [5.74, 6) is -0.277. The minimum Gasteiger partial charge on any atom is -0.461 e. The smallest absolute Gasteiger partial charge is 0.302 e. The molecule has 0 aromatic carbocycles. The molecule has 4 heteroatoms. The van der Waals surface area contributed by atoms with Crippen LogP contribution in [0.4, 0.5) is 0 Å². The Morgan fingerprint density at radius 3 is 2.00 bits per heavy atom. The van der Waals surface area contributed by atoms with Gasteiger partial charge in [0.25, 0.3) is 0 Å². The molecular formula is C22H36O4. The van der Waals surface area contributed by atoms with Crippen LogP contribution in [0.5, 0.6) is 0 Å². The zero-order valence-corrected chi connectivity index (χ0v) is 16.9. The first-order valence-corrected chi connectivity index (χ1v) is 9.38. The van der Waals surface area contributed by atoms with E-state index in [0.29, 0.717) is 13.0 Å². The van der Waals surface area contributed by atoms with E-state index in [1.54, 1.807) is 6.08 Å². The molecule has 0 saturated carbocycles. The highest BCUT2D eigenvalue weighted by Crippen LogP contribution is 2.14. The van der Waals surface area contributed by atoms with Crippen molar-refractivity contribution in [2.24, 2.45) is 0 Å². The van der Waals surface area contributed by atoms with Crippen molar-refractivity contribution >= 4 is 5.97 Å². The molecule has 0 rings (SSSR count). The fourth-order valence-corrected chi connectivity index (χ4v) is 2.46. The van der Waals surface area contributed by atoms with Gasteiger partial charge < -0.3 is 14.9 Å². The van der Waals surface area contributed by atoms with Crippen molar-refractivity contribution in [2.45, 2.75) is 66.2 Å². The molecule has 0 atom stereocenters. The van der Waals surface area contributed by atoms with Gasteiger partial charge in [0.1, 0.15) is 6.61 Å². The number of ether oxygens (including phenoxy) is 1. The van der Waals surface area contributed by atoms with E-state index < -0.39 is 0 Å². The molecule has 26 heavy (non-hydrogen) atoms. The second-order valence-electron chi connectivity index (χ2n) is 6.79.